The Morgan fingerprint density at radius 3 is 0.358 bits per heavy atom. The van der Waals surface area contributed by atoms with Crippen LogP contribution in [-0.2, 0) is 29.9 Å². The Hall–Kier alpha value is -9.48. The maximum absolute atomic E-state index is 5.99. The fourth-order valence-corrected chi connectivity index (χ4v) is 31.5. The van der Waals surface area contributed by atoms with Crippen LogP contribution in [0.3, 0.4) is 0 Å². The van der Waals surface area contributed by atoms with E-state index in [1.807, 2.05) is 0 Å². The Morgan fingerprint density at radius 1 is 0.147 bits per heavy atom. The molecule has 2 nitrogen and oxygen atoms in total. The summed E-state index contributed by atoms with van der Waals surface area (Å²) in [5.41, 5.74) is 0. The van der Waals surface area contributed by atoms with E-state index in [-0.39, 0.29) is 20.4 Å². The average Bonchev–Trinajstić information content (AvgIpc) is 1.39. The summed E-state index contributed by atoms with van der Waals surface area (Å²) >= 11 is 0. The van der Waals surface area contributed by atoms with E-state index in [4.69, 9.17) is 9.47 Å². The molecule has 0 unspecified atom stereocenters. The molecular weight excluding hydrogens is 1280 g/mol. The number of ether oxygens (including phenoxy) is 2. The van der Waals surface area contributed by atoms with Crippen LogP contribution in [0.4, 0.5) is 0 Å². The molecule has 36 rings (SSSR count). The first-order valence-corrected chi connectivity index (χ1v) is 37.9. The molecule has 0 amide bonds. The number of hydrogen-bond donors (Lipinski definition) is 0. The van der Waals surface area contributed by atoms with Crippen molar-refractivity contribution in [2.75, 3.05) is 38.8 Å². The van der Waals surface area contributed by atoms with E-state index in [1.165, 1.54) is 21.2 Å². The Kier molecular flexibility index (Phi) is 5.86. The monoisotopic (exact) mass is 1310 g/mol. The van der Waals surface area contributed by atoms with Gasteiger partial charge < -0.3 is 9.47 Å². The fourth-order valence-electron chi connectivity index (χ4n) is 26.6. The summed E-state index contributed by atoms with van der Waals surface area (Å²) in [7, 11) is -1.66. The Labute approximate surface area is 546 Å². The summed E-state index contributed by atoms with van der Waals surface area (Å²) in [5.74, 6) is 0. The van der Waals surface area contributed by atoms with Gasteiger partial charge in [-0.3, -0.25) is 0 Å². The molecule has 0 saturated heterocycles. The summed E-state index contributed by atoms with van der Waals surface area (Å²) in [5, 5.41) is 106. The first kappa shape index (κ1) is 44.2. The molecule has 0 atom stereocenters. The molecule has 5 heteroatoms. The normalized spacial score (nSPS) is 15.4. The minimum atomic E-state index is -0.830. The summed E-state index contributed by atoms with van der Waals surface area (Å²) in [6.07, 6.45) is 2.13. The Morgan fingerprint density at radius 2 is 0.253 bits per heavy atom. The van der Waals surface area contributed by atoms with Gasteiger partial charge in [0.25, 0.3) is 0 Å². The molecule has 424 valence electrons. The molecular formula is C90H34O2P2Pd+2. The molecule has 0 heterocycles. The predicted molar refractivity (Wildman–Crippen MR) is 413 cm³/mol. The maximum Gasteiger partial charge on any atom is 0.0967 e. The zero-order valence-corrected chi connectivity index (χ0v) is 53.5. The van der Waals surface area contributed by atoms with E-state index in [9.17, 15) is 0 Å². The summed E-state index contributed by atoms with van der Waals surface area (Å²) < 4.78 is 12.0. The van der Waals surface area contributed by atoms with Gasteiger partial charge in [0.1, 0.15) is 0 Å². The number of hydrogen-bond acceptors (Lipinski definition) is 2. The van der Waals surface area contributed by atoms with Crippen molar-refractivity contribution in [3.05, 3.63) is 121 Å². The van der Waals surface area contributed by atoms with E-state index in [1.54, 1.807) is 323 Å². The molecule has 0 spiro atoms. The molecule has 0 saturated carbocycles. The van der Waals surface area contributed by atoms with Crippen molar-refractivity contribution < 1.29 is 29.9 Å². The van der Waals surface area contributed by atoms with Crippen LogP contribution in [0.5, 0.6) is 0 Å². The second-order valence-electron chi connectivity index (χ2n) is 30.6. The first-order chi connectivity index (χ1) is 46.9. The average molecular weight is 1320 g/mol. The van der Waals surface area contributed by atoms with E-state index in [0.717, 1.165) is 25.5 Å². The molecule has 0 aliphatic heterocycles. The second-order valence-corrected chi connectivity index (χ2v) is 35.9. The topological polar surface area (TPSA) is 18.5 Å². The van der Waals surface area contributed by atoms with Crippen molar-refractivity contribution in [3.8, 4) is 0 Å². The van der Waals surface area contributed by atoms with E-state index in [0.29, 0.717) is 13.2 Å². The van der Waals surface area contributed by atoms with Crippen LogP contribution in [0.25, 0.3) is 323 Å². The summed E-state index contributed by atoms with van der Waals surface area (Å²) in [6, 6.07) is 43.5. The van der Waals surface area contributed by atoms with Crippen molar-refractivity contribution in [3.63, 3.8) is 0 Å². The van der Waals surface area contributed by atoms with E-state index in [2.05, 4.69) is 121 Å². The van der Waals surface area contributed by atoms with Crippen LogP contribution in [0.15, 0.2) is 121 Å². The fraction of sp³-hybridized carbons (Fsp3) is 0.0667. The summed E-state index contributed by atoms with van der Waals surface area (Å²) in [6.45, 7) is 2.84. The molecule has 0 aliphatic rings. The molecule has 36 aromatic rings. The van der Waals surface area contributed by atoms with Crippen molar-refractivity contribution in [2.45, 2.75) is 0 Å². The third-order valence-electron chi connectivity index (χ3n) is 28.4. The standard InChI is InChI=1S/C60.C30H32O2P2.Pd/c1-2-5-6-3(1)8-12-10-4(1)9-11-7(2)17-21-13(5)23-24-14(6)22-18(8)28-20(12)30-26-16(10)15(9)25-29-19(11)27(17)37-41-31(21)33(23)43-44-34(24)32(22)42-38(28)48-40(30)46-36(26)35(25)45-39(29)47(37)55-49(41)51(43)57-52(44)50(42)56(48)59-54(46)53(45)58(55)60(57)59;1-5-13-27(14-6-1)33(28-15-7-2-8-16-28)25-23-31-21-22-32-24-26-34(29-17-9-3-10-18-29)30-19-11-4-12-20-30;/h;1-20H,21-26H2;/p+2. The van der Waals surface area contributed by atoms with Gasteiger partial charge in [0.15, 0.2) is 0 Å². The number of benzene rings is 24. The summed E-state index contributed by atoms with van der Waals surface area (Å²) in [4.78, 5) is 0. The largest absolute Gasteiger partial charge is 0.375 e. The molecule has 0 aliphatic carbocycles. The molecule has 0 aromatic heterocycles. The van der Waals surface area contributed by atoms with Crippen LogP contribution >= 0.6 is 15.8 Å². The maximum atomic E-state index is 5.99. The molecule has 95 heavy (non-hydrogen) atoms. The zero-order valence-electron chi connectivity index (χ0n) is 49.9. The molecule has 0 radical (unpaired) electrons. The second kappa shape index (κ2) is 12.6. The molecule has 0 bridgehead atoms. The van der Waals surface area contributed by atoms with Gasteiger partial charge in [-0.25, -0.2) is 0 Å². The first-order valence-electron chi connectivity index (χ1n) is 34.5. The van der Waals surface area contributed by atoms with Crippen molar-refractivity contribution in [1.82, 2.24) is 0 Å². The molecule has 36 aromatic carbocycles. The molecule has 0 N–H and O–H groups in total. The Balaban J connectivity index is 0.000000119. The predicted octanol–water partition coefficient (Wildman–Crippen LogP) is 22.5. The van der Waals surface area contributed by atoms with E-state index >= 15 is 0 Å². The van der Waals surface area contributed by atoms with Crippen LogP contribution < -0.4 is 21.2 Å². The minimum Gasteiger partial charge on any atom is -0.375 e. The third-order valence-corrected chi connectivity index (χ3v) is 33.9. The van der Waals surface area contributed by atoms with Gasteiger partial charge in [-0.2, -0.15) is 0 Å². The van der Waals surface area contributed by atoms with Gasteiger partial charge >= 0.3 is 0 Å². The van der Waals surface area contributed by atoms with E-state index < -0.39 is 15.8 Å². The van der Waals surface area contributed by atoms with Gasteiger partial charge in [0.05, 0.1) is 75.8 Å². The molecule has 0 fully saturated rings. The van der Waals surface area contributed by atoms with Crippen LogP contribution in [0.2, 0.25) is 0 Å². The number of rotatable bonds is 13. The Bertz CT molecular complexity index is 5620. The van der Waals surface area contributed by atoms with Crippen LogP contribution in [0, 0.1) is 0 Å². The van der Waals surface area contributed by atoms with Gasteiger partial charge in [0, 0.05) is 344 Å². The SMILES string of the molecule is [Pd].c12c3c4c5c1c1c6c7c2c2c8c3c3c9c4c4c%10c5c5c1c1c6c6c%11c7c2c2c7c8c3c3c8c9c4c4c9c%10c5c5c1c1c6c6c%11c2c2c7c3c3c8c4c4c9c5c1c1c6c2c3c41.c1ccc([PH+](CCOCCOCC[PH+](c2ccccc2)c2ccccc2)c2ccccc2)cc1. The van der Waals surface area contributed by atoms with Crippen LogP contribution in [-0.4, -0.2) is 38.8 Å². The zero-order chi connectivity index (χ0) is 57.9. The van der Waals surface area contributed by atoms with Crippen molar-refractivity contribution >= 4 is 360 Å². The van der Waals surface area contributed by atoms with Crippen molar-refractivity contribution in [1.29, 1.82) is 0 Å². The third kappa shape index (κ3) is 3.43. The van der Waals surface area contributed by atoms with Gasteiger partial charge in [0.2, 0.25) is 0 Å². The smallest absolute Gasteiger partial charge is 0.0967 e. The van der Waals surface area contributed by atoms with Crippen molar-refractivity contribution in [2.24, 2.45) is 0 Å². The quantitative estimate of drug-likeness (QED) is 0.0496. The van der Waals surface area contributed by atoms with Gasteiger partial charge in [-0.05, 0) is 48.5 Å². The van der Waals surface area contributed by atoms with Gasteiger partial charge in [-0.15, -0.1) is 0 Å². The van der Waals surface area contributed by atoms with Crippen LogP contribution in [0.1, 0.15) is 0 Å². The minimum absolute atomic E-state index is 0. The van der Waals surface area contributed by atoms with Gasteiger partial charge in [-0.1, -0.05) is 72.8 Å².